The molecule has 0 aliphatic heterocycles. The van der Waals surface area contributed by atoms with Crippen molar-refractivity contribution in [1.82, 2.24) is 20.6 Å². The number of halogens is 2. The zero-order valence-corrected chi connectivity index (χ0v) is 9.37. The molecule has 0 saturated heterocycles. The van der Waals surface area contributed by atoms with E-state index in [4.69, 9.17) is 23.2 Å². The molecule has 6 nitrogen and oxygen atoms in total. The number of nitrogens with zero attached hydrogens (tertiary/aromatic N) is 4. The second kappa shape index (κ2) is 4.91. The summed E-state index contributed by atoms with van der Waals surface area (Å²) in [6, 6.07) is 5.12. The summed E-state index contributed by atoms with van der Waals surface area (Å²) in [6.45, 7) is 0. The van der Waals surface area contributed by atoms with Gasteiger partial charge in [0.25, 0.3) is 5.95 Å². The summed E-state index contributed by atoms with van der Waals surface area (Å²) in [7, 11) is 0. The van der Waals surface area contributed by atoms with Gasteiger partial charge in [-0.25, -0.2) is 5.43 Å². The Bertz CT molecular complexity index is 495. The van der Waals surface area contributed by atoms with Crippen LogP contribution in [0.15, 0.2) is 23.3 Å². The molecule has 0 fully saturated rings. The summed E-state index contributed by atoms with van der Waals surface area (Å²) in [4.78, 5) is 0. The maximum atomic E-state index is 5.94. The zero-order chi connectivity index (χ0) is 11.4. The van der Waals surface area contributed by atoms with Crippen LogP contribution in [-0.4, -0.2) is 26.8 Å². The van der Waals surface area contributed by atoms with Crippen molar-refractivity contribution in [2.24, 2.45) is 5.10 Å². The van der Waals surface area contributed by atoms with Gasteiger partial charge >= 0.3 is 0 Å². The average molecular weight is 257 g/mol. The Kier molecular flexibility index (Phi) is 3.33. The normalized spacial score (nSPS) is 10.9. The van der Waals surface area contributed by atoms with Crippen LogP contribution in [0.4, 0.5) is 5.95 Å². The van der Waals surface area contributed by atoms with Gasteiger partial charge in [-0.3, -0.25) is 0 Å². The molecule has 1 heterocycles. The van der Waals surface area contributed by atoms with Crippen molar-refractivity contribution in [3.05, 3.63) is 33.8 Å². The standard InChI is InChI=1S/C8H6Cl2N6/c9-6-2-1-5(7(10)3-6)4-11-12-8-13-15-16-14-8/h1-4H,(H2,12,13,14,15,16). The zero-order valence-electron chi connectivity index (χ0n) is 7.85. The first-order chi connectivity index (χ1) is 7.75. The van der Waals surface area contributed by atoms with E-state index in [1.165, 1.54) is 6.21 Å². The Morgan fingerprint density at radius 1 is 1.38 bits per heavy atom. The molecule has 0 aliphatic rings. The lowest BCUT2D eigenvalue weighted by Gasteiger charge is -1.97. The third kappa shape index (κ3) is 2.68. The van der Waals surface area contributed by atoms with Crippen LogP contribution in [0, 0.1) is 0 Å². The highest BCUT2D eigenvalue weighted by Crippen LogP contribution is 2.19. The van der Waals surface area contributed by atoms with E-state index in [9.17, 15) is 0 Å². The SMILES string of the molecule is Clc1ccc(C=NNc2nn[nH]n2)c(Cl)c1. The highest BCUT2D eigenvalue weighted by molar-refractivity contribution is 6.36. The molecular formula is C8H6Cl2N6. The molecular weight excluding hydrogens is 251 g/mol. The highest BCUT2D eigenvalue weighted by atomic mass is 35.5. The van der Waals surface area contributed by atoms with Gasteiger partial charge in [0.1, 0.15) is 0 Å². The van der Waals surface area contributed by atoms with Gasteiger partial charge in [-0.15, -0.1) is 5.10 Å². The van der Waals surface area contributed by atoms with E-state index in [0.717, 1.165) is 5.56 Å². The van der Waals surface area contributed by atoms with E-state index in [-0.39, 0.29) is 5.95 Å². The Labute approximate surface area is 101 Å². The molecule has 0 saturated carbocycles. The molecule has 16 heavy (non-hydrogen) atoms. The first kappa shape index (κ1) is 10.8. The molecule has 2 aromatic rings. The van der Waals surface area contributed by atoms with Crippen LogP contribution in [0.5, 0.6) is 0 Å². The van der Waals surface area contributed by atoms with Crippen LogP contribution in [0.2, 0.25) is 10.0 Å². The summed E-state index contributed by atoms with van der Waals surface area (Å²) in [5.41, 5.74) is 3.31. The number of anilines is 1. The summed E-state index contributed by atoms with van der Waals surface area (Å²) < 4.78 is 0. The number of tetrazole rings is 1. The minimum atomic E-state index is 0.279. The third-order valence-electron chi connectivity index (χ3n) is 1.68. The molecule has 8 heteroatoms. The molecule has 0 atom stereocenters. The Morgan fingerprint density at radius 2 is 2.25 bits per heavy atom. The van der Waals surface area contributed by atoms with Gasteiger partial charge in [0.2, 0.25) is 0 Å². The number of nitrogens with one attached hydrogen (secondary N) is 2. The monoisotopic (exact) mass is 256 g/mol. The van der Waals surface area contributed by atoms with Crippen LogP contribution < -0.4 is 5.43 Å². The van der Waals surface area contributed by atoms with Gasteiger partial charge < -0.3 is 0 Å². The number of aromatic nitrogens is 4. The van der Waals surface area contributed by atoms with Crippen molar-refractivity contribution < 1.29 is 0 Å². The number of hydrazone groups is 1. The van der Waals surface area contributed by atoms with Crippen molar-refractivity contribution in [2.45, 2.75) is 0 Å². The summed E-state index contributed by atoms with van der Waals surface area (Å²) in [6.07, 6.45) is 1.54. The lowest BCUT2D eigenvalue weighted by Crippen LogP contribution is -1.93. The quantitative estimate of drug-likeness (QED) is 0.650. The molecule has 1 aromatic heterocycles. The molecule has 0 radical (unpaired) electrons. The number of hydrogen-bond acceptors (Lipinski definition) is 5. The molecule has 0 aliphatic carbocycles. The van der Waals surface area contributed by atoms with Crippen molar-refractivity contribution in [1.29, 1.82) is 0 Å². The molecule has 0 amide bonds. The van der Waals surface area contributed by atoms with E-state index in [1.54, 1.807) is 18.2 Å². The molecule has 0 unspecified atom stereocenters. The van der Waals surface area contributed by atoms with Crippen molar-refractivity contribution >= 4 is 35.4 Å². The number of hydrogen-bond donors (Lipinski definition) is 2. The van der Waals surface area contributed by atoms with Crippen molar-refractivity contribution in [3.63, 3.8) is 0 Å². The van der Waals surface area contributed by atoms with Gasteiger partial charge in [-0.2, -0.15) is 10.3 Å². The van der Waals surface area contributed by atoms with Crippen LogP contribution in [0.25, 0.3) is 0 Å². The predicted octanol–water partition coefficient (Wildman–Crippen LogP) is 1.95. The Morgan fingerprint density at radius 3 is 2.94 bits per heavy atom. The first-order valence-electron chi connectivity index (χ1n) is 4.23. The fraction of sp³-hybridized carbons (Fsp3) is 0. The second-order valence-corrected chi connectivity index (χ2v) is 3.61. The van der Waals surface area contributed by atoms with Crippen LogP contribution in [0.1, 0.15) is 5.56 Å². The summed E-state index contributed by atoms with van der Waals surface area (Å²) in [5, 5.41) is 17.9. The first-order valence-corrected chi connectivity index (χ1v) is 4.99. The molecule has 0 spiro atoms. The lowest BCUT2D eigenvalue weighted by molar-refractivity contribution is 0.881. The molecule has 82 valence electrons. The van der Waals surface area contributed by atoms with Crippen molar-refractivity contribution in [2.75, 3.05) is 5.43 Å². The van der Waals surface area contributed by atoms with Gasteiger partial charge in [0.05, 0.1) is 11.2 Å². The van der Waals surface area contributed by atoms with Gasteiger partial charge in [0, 0.05) is 10.6 Å². The predicted molar refractivity (Wildman–Crippen MR) is 61.9 cm³/mol. The minimum absolute atomic E-state index is 0.279. The third-order valence-corrected chi connectivity index (χ3v) is 2.24. The van der Waals surface area contributed by atoms with Crippen LogP contribution in [0.3, 0.4) is 0 Å². The van der Waals surface area contributed by atoms with Crippen LogP contribution in [-0.2, 0) is 0 Å². The van der Waals surface area contributed by atoms with Gasteiger partial charge in [-0.05, 0) is 17.3 Å². The fourth-order valence-electron chi connectivity index (χ4n) is 0.975. The van der Waals surface area contributed by atoms with E-state index in [2.05, 4.69) is 31.2 Å². The van der Waals surface area contributed by atoms with E-state index >= 15 is 0 Å². The van der Waals surface area contributed by atoms with E-state index < -0.39 is 0 Å². The Hall–Kier alpha value is -1.66. The molecule has 0 bridgehead atoms. The largest absolute Gasteiger partial charge is 0.283 e. The smallest absolute Gasteiger partial charge is 0.243 e. The minimum Gasteiger partial charge on any atom is -0.243 e. The second-order valence-electron chi connectivity index (χ2n) is 2.77. The van der Waals surface area contributed by atoms with Crippen molar-refractivity contribution in [3.8, 4) is 0 Å². The Balaban J connectivity index is 2.06. The lowest BCUT2D eigenvalue weighted by atomic mass is 10.2. The van der Waals surface area contributed by atoms with E-state index in [1.807, 2.05) is 0 Å². The number of H-pyrrole nitrogens is 1. The number of benzene rings is 1. The number of rotatable bonds is 3. The highest BCUT2D eigenvalue weighted by Gasteiger charge is 1.98. The molecule has 1 aromatic carbocycles. The maximum absolute atomic E-state index is 5.94. The fourth-order valence-corrected chi connectivity index (χ4v) is 1.43. The topological polar surface area (TPSA) is 78.9 Å². The molecule has 2 N–H and O–H groups in total. The van der Waals surface area contributed by atoms with Gasteiger partial charge in [-0.1, -0.05) is 34.4 Å². The number of aromatic amines is 1. The molecule has 2 rings (SSSR count). The summed E-state index contributed by atoms with van der Waals surface area (Å²) in [5.74, 6) is 0.279. The van der Waals surface area contributed by atoms with E-state index in [0.29, 0.717) is 10.0 Å². The summed E-state index contributed by atoms with van der Waals surface area (Å²) >= 11 is 11.7. The maximum Gasteiger partial charge on any atom is 0.283 e. The van der Waals surface area contributed by atoms with Gasteiger partial charge in [0.15, 0.2) is 0 Å². The average Bonchev–Trinajstić information content (AvgIpc) is 2.74. The van der Waals surface area contributed by atoms with Crippen LogP contribution >= 0.6 is 23.2 Å².